The topological polar surface area (TPSA) is 34.2 Å². The largest absolute Gasteiger partial charge is 0.439 e. The average molecular weight is 351 g/mol. The molecule has 3 rings (SSSR count). The molecule has 0 amide bonds. The van der Waals surface area contributed by atoms with E-state index in [1.165, 1.54) is 25.0 Å². The van der Waals surface area contributed by atoms with Crippen molar-refractivity contribution in [1.82, 2.24) is 10.3 Å². The number of ether oxygens (including phenoxy) is 1. The lowest BCUT2D eigenvalue weighted by atomic mass is 10.2. The van der Waals surface area contributed by atoms with Gasteiger partial charge in [-0.05, 0) is 43.5 Å². The van der Waals surface area contributed by atoms with Gasteiger partial charge in [0.15, 0.2) is 0 Å². The van der Waals surface area contributed by atoms with E-state index in [4.69, 9.17) is 4.74 Å². The highest BCUT2D eigenvalue weighted by Gasteiger charge is 2.20. The number of rotatable bonds is 5. The van der Waals surface area contributed by atoms with Crippen molar-refractivity contribution in [3.05, 3.63) is 51.9 Å². The maximum Gasteiger partial charge on any atom is 0.222 e. The highest BCUT2D eigenvalue weighted by atomic mass is 79.9. The molecule has 1 saturated carbocycles. The molecule has 2 aromatic rings. The van der Waals surface area contributed by atoms with Crippen LogP contribution in [-0.2, 0) is 6.54 Å². The fourth-order valence-electron chi connectivity index (χ4n) is 2.07. The molecule has 1 aromatic carbocycles. The van der Waals surface area contributed by atoms with Gasteiger partial charge in [-0.3, -0.25) is 0 Å². The third kappa shape index (κ3) is 4.02. The first kappa shape index (κ1) is 14.5. The first-order valence-electron chi connectivity index (χ1n) is 6.93. The number of aromatic nitrogens is 1. The third-order valence-electron chi connectivity index (χ3n) is 3.31. The standard InChI is InChI=1S/C16H16BrFN2O/c1-10-4-11(8-19-14-2-3-14)9-20-16(10)21-15-6-12(17)5-13(18)7-15/h4-7,9,14,19H,2-3,8H2,1H3. The Kier molecular flexibility index (Phi) is 4.22. The van der Waals surface area contributed by atoms with Crippen molar-refractivity contribution < 1.29 is 9.13 Å². The number of benzene rings is 1. The first-order chi connectivity index (χ1) is 10.1. The summed E-state index contributed by atoms with van der Waals surface area (Å²) in [5.74, 6) is 0.589. The van der Waals surface area contributed by atoms with E-state index in [-0.39, 0.29) is 5.82 Å². The maximum absolute atomic E-state index is 13.3. The summed E-state index contributed by atoms with van der Waals surface area (Å²) in [6.07, 6.45) is 4.33. The molecule has 1 N–H and O–H groups in total. The number of hydrogen-bond donors (Lipinski definition) is 1. The summed E-state index contributed by atoms with van der Waals surface area (Å²) in [6.45, 7) is 2.77. The number of hydrogen-bond acceptors (Lipinski definition) is 3. The van der Waals surface area contributed by atoms with Crippen LogP contribution >= 0.6 is 15.9 Å². The normalized spacial score (nSPS) is 14.2. The second-order valence-corrected chi connectivity index (χ2v) is 6.24. The van der Waals surface area contributed by atoms with Crippen molar-refractivity contribution in [1.29, 1.82) is 0 Å². The minimum absolute atomic E-state index is 0.345. The lowest BCUT2D eigenvalue weighted by Gasteiger charge is -2.10. The maximum atomic E-state index is 13.3. The molecule has 0 bridgehead atoms. The van der Waals surface area contributed by atoms with Crippen molar-refractivity contribution in [3.63, 3.8) is 0 Å². The zero-order valence-electron chi connectivity index (χ0n) is 11.7. The molecule has 0 atom stereocenters. The summed E-state index contributed by atoms with van der Waals surface area (Å²) in [4.78, 5) is 4.33. The van der Waals surface area contributed by atoms with Crippen LogP contribution in [0.2, 0.25) is 0 Å². The monoisotopic (exact) mass is 350 g/mol. The lowest BCUT2D eigenvalue weighted by Crippen LogP contribution is -2.15. The fraction of sp³-hybridized carbons (Fsp3) is 0.312. The number of pyridine rings is 1. The van der Waals surface area contributed by atoms with Gasteiger partial charge in [0.2, 0.25) is 5.88 Å². The zero-order valence-corrected chi connectivity index (χ0v) is 13.3. The summed E-state index contributed by atoms with van der Waals surface area (Å²) in [5.41, 5.74) is 2.07. The summed E-state index contributed by atoms with van der Waals surface area (Å²) in [7, 11) is 0. The quantitative estimate of drug-likeness (QED) is 0.870. The van der Waals surface area contributed by atoms with Crippen molar-refractivity contribution in [2.75, 3.05) is 0 Å². The van der Waals surface area contributed by atoms with Gasteiger partial charge in [-0.2, -0.15) is 0 Å². The van der Waals surface area contributed by atoms with Gasteiger partial charge < -0.3 is 10.1 Å². The van der Waals surface area contributed by atoms with Crippen LogP contribution in [-0.4, -0.2) is 11.0 Å². The average Bonchev–Trinajstić information content (AvgIpc) is 3.22. The van der Waals surface area contributed by atoms with Crippen LogP contribution in [0.25, 0.3) is 0 Å². The molecular formula is C16H16BrFN2O. The van der Waals surface area contributed by atoms with Crippen LogP contribution in [0.15, 0.2) is 34.9 Å². The highest BCUT2D eigenvalue weighted by Crippen LogP contribution is 2.27. The van der Waals surface area contributed by atoms with Crippen molar-refractivity contribution in [2.45, 2.75) is 32.4 Å². The van der Waals surface area contributed by atoms with E-state index in [0.29, 0.717) is 22.1 Å². The first-order valence-corrected chi connectivity index (χ1v) is 7.72. The minimum Gasteiger partial charge on any atom is -0.439 e. The van der Waals surface area contributed by atoms with Crippen LogP contribution in [0.1, 0.15) is 24.0 Å². The molecule has 1 fully saturated rings. The van der Waals surface area contributed by atoms with Crippen molar-refractivity contribution >= 4 is 15.9 Å². The van der Waals surface area contributed by atoms with Crippen LogP contribution in [0.4, 0.5) is 4.39 Å². The molecule has 0 spiro atoms. The van der Waals surface area contributed by atoms with Gasteiger partial charge in [0.1, 0.15) is 11.6 Å². The molecule has 0 aliphatic heterocycles. The predicted molar refractivity (Wildman–Crippen MR) is 83.0 cm³/mol. The number of aryl methyl sites for hydroxylation is 1. The number of nitrogens with zero attached hydrogens (tertiary/aromatic N) is 1. The molecule has 21 heavy (non-hydrogen) atoms. The summed E-state index contributed by atoms with van der Waals surface area (Å²) < 4.78 is 19.6. The Balaban J connectivity index is 1.72. The van der Waals surface area contributed by atoms with Gasteiger partial charge >= 0.3 is 0 Å². The lowest BCUT2D eigenvalue weighted by molar-refractivity contribution is 0.453. The van der Waals surface area contributed by atoms with Gasteiger partial charge in [-0.25, -0.2) is 9.37 Å². The van der Waals surface area contributed by atoms with Crippen LogP contribution in [0.5, 0.6) is 11.6 Å². The van der Waals surface area contributed by atoms with E-state index in [2.05, 4.69) is 26.2 Å². The van der Waals surface area contributed by atoms with Gasteiger partial charge in [0, 0.05) is 34.9 Å². The summed E-state index contributed by atoms with van der Waals surface area (Å²) in [6, 6.07) is 7.17. The molecule has 1 aliphatic rings. The Hall–Kier alpha value is -1.46. The predicted octanol–water partition coefficient (Wildman–Crippen LogP) is 4.34. The van der Waals surface area contributed by atoms with E-state index in [1.54, 1.807) is 12.3 Å². The fourth-order valence-corrected chi connectivity index (χ4v) is 2.52. The van der Waals surface area contributed by atoms with E-state index in [1.807, 2.05) is 13.0 Å². The molecule has 1 aromatic heterocycles. The van der Waals surface area contributed by atoms with E-state index < -0.39 is 0 Å². The SMILES string of the molecule is Cc1cc(CNC2CC2)cnc1Oc1cc(F)cc(Br)c1. The second-order valence-electron chi connectivity index (χ2n) is 5.33. The van der Waals surface area contributed by atoms with Crippen LogP contribution in [0.3, 0.4) is 0 Å². The number of halogens is 2. The van der Waals surface area contributed by atoms with Crippen molar-refractivity contribution in [2.24, 2.45) is 0 Å². The molecule has 0 radical (unpaired) electrons. The summed E-state index contributed by atoms with van der Waals surface area (Å²) in [5, 5.41) is 3.45. The Morgan fingerprint density at radius 1 is 1.33 bits per heavy atom. The molecule has 3 nitrogen and oxygen atoms in total. The van der Waals surface area contributed by atoms with Gasteiger partial charge in [0.05, 0.1) is 0 Å². The molecule has 0 unspecified atom stereocenters. The van der Waals surface area contributed by atoms with Gasteiger partial charge in [0.25, 0.3) is 0 Å². The van der Waals surface area contributed by atoms with E-state index in [0.717, 1.165) is 17.7 Å². The van der Waals surface area contributed by atoms with E-state index in [9.17, 15) is 4.39 Å². The van der Waals surface area contributed by atoms with Gasteiger partial charge in [-0.15, -0.1) is 0 Å². The Morgan fingerprint density at radius 3 is 2.81 bits per heavy atom. The zero-order chi connectivity index (χ0) is 14.8. The molecule has 0 saturated heterocycles. The van der Waals surface area contributed by atoms with Crippen LogP contribution < -0.4 is 10.1 Å². The molecular weight excluding hydrogens is 335 g/mol. The van der Waals surface area contributed by atoms with Crippen molar-refractivity contribution in [3.8, 4) is 11.6 Å². The molecule has 1 heterocycles. The Morgan fingerprint density at radius 2 is 2.14 bits per heavy atom. The minimum atomic E-state index is -0.345. The highest BCUT2D eigenvalue weighted by molar-refractivity contribution is 9.10. The number of nitrogens with one attached hydrogen (secondary N) is 1. The second kappa shape index (κ2) is 6.12. The van der Waals surface area contributed by atoms with Gasteiger partial charge in [-0.1, -0.05) is 15.9 Å². The van der Waals surface area contributed by atoms with Crippen LogP contribution in [0, 0.1) is 12.7 Å². The summed E-state index contributed by atoms with van der Waals surface area (Å²) >= 11 is 3.25. The molecule has 1 aliphatic carbocycles. The molecule has 110 valence electrons. The Bertz CT molecular complexity index is 638. The smallest absolute Gasteiger partial charge is 0.222 e. The Labute approximate surface area is 131 Å². The third-order valence-corrected chi connectivity index (χ3v) is 3.77. The molecule has 5 heteroatoms. The van der Waals surface area contributed by atoms with E-state index >= 15 is 0 Å².